The molecule has 0 aliphatic heterocycles. The number of aryl methyl sites for hydroxylation is 1. The van der Waals surface area contributed by atoms with Gasteiger partial charge in [0.05, 0.1) is 14.2 Å². The van der Waals surface area contributed by atoms with Crippen LogP contribution in [-0.4, -0.2) is 39.1 Å². The highest BCUT2D eigenvalue weighted by molar-refractivity contribution is 6.13. The van der Waals surface area contributed by atoms with Gasteiger partial charge in [-0.2, -0.15) is 0 Å². The van der Waals surface area contributed by atoms with Gasteiger partial charge in [0.25, 0.3) is 5.91 Å². The largest absolute Gasteiger partial charge is 0.497 e. The molecule has 0 spiro atoms. The van der Waals surface area contributed by atoms with Gasteiger partial charge in [-0.25, -0.2) is 0 Å². The lowest BCUT2D eigenvalue weighted by Crippen LogP contribution is -2.28. The van der Waals surface area contributed by atoms with Crippen molar-refractivity contribution in [3.63, 3.8) is 0 Å². The highest BCUT2D eigenvalue weighted by atomic mass is 16.5. The van der Waals surface area contributed by atoms with Gasteiger partial charge < -0.3 is 19.5 Å². The van der Waals surface area contributed by atoms with E-state index in [0.717, 1.165) is 34.4 Å². The Hall–Kier alpha value is -3.28. The molecule has 6 nitrogen and oxygen atoms in total. The van der Waals surface area contributed by atoms with Crippen LogP contribution in [0.1, 0.15) is 34.8 Å². The second-order valence-electron chi connectivity index (χ2n) is 6.67. The Morgan fingerprint density at radius 3 is 2.62 bits per heavy atom. The highest BCUT2D eigenvalue weighted by Crippen LogP contribution is 2.32. The van der Waals surface area contributed by atoms with Gasteiger partial charge in [-0.1, -0.05) is 6.07 Å². The summed E-state index contributed by atoms with van der Waals surface area (Å²) in [5.41, 5.74) is 3.32. The summed E-state index contributed by atoms with van der Waals surface area (Å²) in [6.45, 7) is 2.32. The molecule has 0 bridgehead atoms. The summed E-state index contributed by atoms with van der Waals surface area (Å²) in [7, 11) is 3.16. The van der Waals surface area contributed by atoms with Crippen molar-refractivity contribution in [1.29, 1.82) is 0 Å². The Morgan fingerprint density at radius 2 is 1.90 bits per heavy atom. The van der Waals surface area contributed by atoms with Crippen LogP contribution in [0.5, 0.6) is 17.2 Å². The predicted molar refractivity (Wildman–Crippen MR) is 111 cm³/mol. The van der Waals surface area contributed by atoms with Crippen LogP contribution in [0, 0.1) is 0 Å². The molecule has 6 heteroatoms. The summed E-state index contributed by atoms with van der Waals surface area (Å²) < 4.78 is 16.2. The van der Waals surface area contributed by atoms with E-state index < -0.39 is 0 Å². The van der Waals surface area contributed by atoms with Gasteiger partial charge in [-0.05, 0) is 67.3 Å². The van der Waals surface area contributed by atoms with Crippen molar-refractivity contribution < 1.29 is 23.8 Å². The van der Waals surface area contributed by atoms with Crippen LogP contribution >= 0.6 is 0 Å². The maximum atomic E-state index is 12.9. The Bertz CT molecular complexity index is 948. The zero-order valence-corrected chi connectivity index (χ0v) is 16.9. The molecule has 0 fully saturated rings. The summed E-state index contributed by atoms with van der Waals surface area (Å²) in [6, 6.07) is 11.0. The second kappa shape index (κ2) is 9.28. The van der Waals surface area contributed by atoms with Gasteiger partial charge >= 0.3 is 0 Å². The number of likely N-dealkylation sites (N-methyl/N-ethyl adjacent to an activating group) is 1. The summed E-state index contributed by atoms with van der Waals surface area (Å²) in [6.07, 6.45) is 3.33. The quantitative estimate of drug-likeness (QED) is 0.727. The third-order valence-electron chi connectivity index (χ3n) is 4.77. The molecule has 0 heterocycles. The van der Waals surface area contributed by atoms with Crippen LogP contribution in [0.25, 0.3) is 6.08 Å². The number of ether oxygens (including phenoxy) is 3. The van der Waals surface area contributed by atoms with E-state index >= 15 is 0 Å². The van der Waals surface area contributed by atoms with Crippen LogP contribution in [0.15, 0.2) is 42.0 Å². The van der Waals surface area contributed by atoms with Crippen LogP contribution in [0.3, 0.4) is 0 Å². The number of carbonyl (C=O) groups is 2. The van der Waals surface area contributed by atoms with E-state index in [9.17, 15) is 9.59 Å². The standard InChI is InChI=1S/C23H25NO5/c1-4-24-22(25)14-29-20-10-5-15(12-21(20)28-3)11-17-7-6-16-13-18(27-2)8-9-19(16)23(17)26/h5,8-13H,4,6-7,14H2,1-3H3,(H,24,25). The first-order valence-corrected chi connectivity index (χ1v) is 9.55. The number of methoxy groups -OCH3 is 2. The van der Waals surface area contributed by atoms with E-state index in [1.165, 1.54) is 0 Å². The number of allylic oxidation sites excluding steroid dienone is 1. The number of Topliss-reactive ketones (excluding diaryl/α,β-unsaturated/α-hetero) is 1. The van der Waals surface area contributed by atoms with Gasteiger partial charge in [0.15, 0.2) is 23.9 Å². The molecule has 0 saturated carbocycles. The number of ketones is 1. The van der Waals surface area contributed by atoms with E-state index in [2.05, 4.69) is 5.32 Å². The molecule has 2 aromatic carbocycles. The van der Waals surface area contributed by atoms with E-state index in [1.54, 1.807) is 26.4 Å². The SMILES string of the molecule is CCNC(=O)COc1ccc(C=C2CCc3cc(OC)ccc3C2=O)cc1OC. The molecule has 0 aromatic heterocycles. The van der Waals surface area contributed by atoms with Crippen LogP contribution in [0.2, 0.25) is 0 Å². The van der Waals surface area contributed by atoms with Gasteiger partial charge in [0.1, 0.15) is 5.75 Å². The lowest BCUT2D eigenvalue weighted by Gasteiger charge is -2.18. The Labute approximate surface area is 170 Å². The van der Waals surface area contributed by atoms with Crippen molar-refractivity contribution in [2.24, 2.45) is 0 Å². The number of nitrogens with one attached hydrogen (secondary N) is 1. The molecular formula is C23H25NO5. The summed E-state index contributed by atoms with van der Waals surface area (Å²) in [5.74, 6) is 1.59. The van der Waals surface area contributed by atoms with Crippen molar-refractivity contribution in [3.05, 3.63) is 58.7 Å². The van der Waals surface area contributed by atoms with Crippen molar-refractivity contribution in [2.45, 2.75) is 19.8 Å². The zero-order valence-electron chi connectivity index (χ0n) is 16.9. The number of benzene rings is 2. The first-order chi connectivity index (χ1) is 14.0. The van der Waals surface area contributed by atoms with Crippen LogP contribution in [0.4, 0.5) is 0 Å². The van der Waals surface area contributed by atoms with E-state index in [0.29, 0.717) is 24.5 Å². The number of hydrogen-bond acceptors (Lipinski definition) is 5. The van der Waals surface area contributed by atoms with Crippen molar-refractivity contribution >= 4 is 17.8 Å². The third-order valence-corrected chi connectivity index (χ3v) is 4.77. The maximum Gasteiger partial charge on any atom is 0.257 e. The van der Waals surface area contributed by atoms with Crippen LogP contribution < -0.4 is 19.5 Å². The average molecular weight is 395 g/mol. The molecule has 29 heavy (non-hydrogen) atoms. The zero-order chi connectivity index (χ0) is 20.8. The minimum atomic E-state index is -0.191. The minimum absolute atomic E-state index is 0.0319. The monoisotopic (exact) mass is 395 g/mol. The number of fused-ring (bicyclic) bond motifs is 1. The third kappa shape index (κ3) is 4.77. The number of carbonyl (C=O) groups excluding carboxylic acids is 2. The Morgan fingerprint density at radius 1 is 1.07 bits per heavy atom. The molecule has 0 saturated heterocycles. The van der Waals surface area contributed by atoms with Gasteiger partial charge in [-0.15, -0.1) is 0 Å². The summed E-state index contributed by atoms with van der Waals surface area (Å²) in [4.78, 5) is 24.5. The first-order valence-electron chi connectivity index (χ1n) is 9.55. The number of hydrogen-bond donors (Lipinski definition) is 1. The lowest BCUT2D eigenvalue weighted by molar-refractivity contribution is -0.123. The van der Waals surface area contributed by atoms with Crippen molar-refractivity contribution in [1.82, 2.24) is 5.32 Å². The van der Waals surface area contributed by atoms with Crippen molar-refractivity contribution in [3.8, 4) is 17.2 Å². The van der Waals surface area contributed by atoms with Gasteiger partial charge in [0.2, 0.25) is 0 Å². The van der Waals surface area contributed by atoms with Gasteiger partial charge in [-0.3, -0.25) is 9.59 Å². The molecule has 2 aromatic rings. The first kappa shape index (κ1) is 20.5. The number of rotatable bonds is 7. The molecule has 1 amide bonds. The molecule has 1 N–H and O–H groups in total. The summed E-state index contributed by atoms with van der Waals surface area (Å²) in [5, 5.41) is 2.68. The normalized spacial score (nSPS) is 14.3. The molecular weight excluding hydrogens is 370 g/mol. The topological polar surface area (TPSA) is 73.9 Å². The fourth-order valence-corrected chi connectivity index (χ4v) is 3.30. The van der Waals surface area contributed by atoms with E-state index in [4.69, 9.17) is 14.2 Å². The summed E-state index contributed by atoms with van der Waals surface area (Å²) >= 11 is 0. The minimum Gasteiger partial charge on any atom is -0.497 e. The Kier molecular flexibility index (Phi) is 6.54. The highest BCUT2D eigenvalue weighted by Gasteiger charge is 2.22. The maximum absolute atomic E-state index is 12.9. The lowest BCUT2D eigenvalue weighted by atomic mass is 9.86. The molecule has 152 valence electrons. The smallest absolute Gasteiger partial charge is 0.257 e. The molecule has 3 rings (SSSR count). The van der Waals surface area contributed by atoms with Crippen LogP contribution in [-0.2, 0) is 11.2 Å². The Balaban J connectivity index is 1.79. The number of amides is 1. The second-order valence-corrected chi connectivity index (χ2v) is 6.67. The fourth-order valence-electron chi connectivity index (χ4n) is 3.30. The average Bonchev–Trinajstić information content (AvgIpc) is 2.74. The van der Waals surface area contributed by atoms with Crippen molar-refractivity contribution in [2.75, 3.05) is 27.4 Å². The molecule has 0 unspecified atom stereocenters. The fraction of sp³-hybridized carbons (Fsp3) is 0.304. The molecule has 0 radical (unpaired) electrons. The van der Waals surface area contributed by atoms with E-state index in [1.807, 2.05) is 37.3 Å². The molecule has 0 atom stereocenters. The molecule has 1 aliphatic rings. The van der Waals surface area contributed by atoms with E-state index in [-0.39, 0.29) is 18.3 Å². The van der Waals surface area contributed by atoms with Gasteiger partial charge in [0, 0.05) is 17.7 Å². The molecule has 1 aliphatic carbocycles. The predicted octanol–water partition coefficient (Wildman–Crippen LogP) is 3.43.